The van der Waals surface area contributed by atoms with Crippen LogP contribution in [-0.2, 0) is 6.18 Å². The van der Waals surface area contributed by atoms with Crippen LogP contribution in [0.25, 0.3) is 10.9 Å². The van der Waals surface area contributed by atoms with Crippen LogP contribution in [0.4, 0.5) is 13.2 Å². The molecule has 0 saturated carbocycles. The lowest BCUT2D eigenvalue weighted by Gasteiger charge is -2.07. The summed E-state index contributed by atoms with van der Waals surface area (Å²) in [5.41, 5.74) is -0.977. The van der Waals surface area contributed by atoms with Gasteiger partial charge in [-0.05, 0) is 30.0 Å². The molecule has 0 unspecified atom stereocenters. The highest BCUT2D eigenvalue weighted by Crippen LogP contribution is 2.28. The van der Waals surface area contributed by atoms with E-state index in [4.69, 9.17) is 0 Å². The minimum absolute atomic E-state index is 0.373. The molecule has 0 spiro atoms. The Morgan fingerprint density at radius 3 is 2.50 bits per heavy atom. The summed E-state index contributed by atoms with van der Waals surface area (Å²) in [4.78, 5) is 13.4. The van der Waals surface area contributed by atoms with Gasteiger partial charge in [-0.1, -0.05) is 12.1 Å². The Morgan fingerprint density at radius 1 is 1.19 bits per heavy atom. The SMILES string of the molecule is Cc1ccc2cc(C(F)(F)F)c(=O)[nH]c2c1. The molecule has 5 heteroatoms. The summed E-state index contributed by atoms with van der Waals surface area (Å²) in [5.74, 6) is 0. The minimum Gasteiger partial charge on any atom is -0.321 e. The fourth-order valence-corrected chi connectivity index (χ4v) is 1.53. The molecular formula is C11H8F3NO. The van der Waals surface area contributed by atoms with E-state index in [2.05, 4.69) is 4.98 Å². The lowest BCUT2D eigenvalue weighted by atomic mass is 10.1. The summed E-state index contributed by atoms with van der Waals surface area (Å²) in [6.45, 7) is 1.80. The summed E-state index contributed by atoms with van der Waals surface area (Å²) < 4.78 is 37.3. The summed E-state index contributed by atoms with van der Waals surface area (Å²) >= 11 is 0. The van der Waals surface area contributed by atoms with Crippen molar-refractivity contribution in [3.63, 3.8) is 0 Å². The molecule has 2 nitrogen and oxygen atoms in total. The molecule has 84 valence electrons. The zero-order valence-corrected chi connectivity index (χ0v) is 8.35. The Bertz CT molecular complexity index is 598. The molecule has 0 fully saturated rings. The standard InChI is InChI=1S/C11H8F3NO/c1-6-2-3-7-5-8(11(12,13)14)10(16)15-9(7)4-6/h2-5H,1H3,(H,15,16). The van der Waals surface area contributed by atoms with Gasteiger partial charge >= 0.3 is 6.18 Å². The van der Waals surface area contributed by atoms with Gasteiger partial charge in [0.1, 0.15) is 5.56 Å². The lowest BCUT2D eigenvalue weighted by Crippen LogP contribution is -2.21. The van der Waals surface area contributed by atoms with Gasteiger partial charge in [0, 0.05) is 5.52 Å². The molecule has 0 amide bonds. The second kappa shape index (κ2) is 3.37. The average molecular weight is 227 g/mol. The highest BCUT2D eigenvalue weighted by Gasteiger charge is 2.34. The average Bonchev–Trinajstić information content (AvgIpc) is 2.14. The predicted octanol–water partition coefficient (Wildman–Crippen LogP) is 2.86. The van der Waals surface area contributed by atoms with Crippen molar-refractivity contribution >= 4 is 10.9 Å². The molecule has 0 aliphatic heterocycles. The van der Waals surface area contributed by atoms with Crippen LogP contribution in [-0.4, -0.2) is 4.98 Å². The van der Waals surface area contributed by atoms with Crippen LogP contribution >= 0.6 is 0 Å². The molecule has 2 aromatic rings. The number of benzene rings is 1. The van der Waals surface area contributed by atoms with Gasteiger partial charge in [-0.3, -0.25) is 4.79 Å². The van der Waals surface area contributed by atoms with E-state index in [1.165, 1.54) is 0 Å². The maximum atomic E-state index is 12.4. The first kappa shape index (κ1) is 10.7. The zero-order chi connectivity index (χ0) is 11.9. The van der Waals surface area contributed by atoms with Crippen LogP contribution < -0.4 is 5.56 Å². The molecule has 16 heavy (non-hydrogen) atoms. The van der Waals surface area contributed by atoms with E-state index in [9.17, 15) is 18.0 Å². The van der Waals surface area contributed by atoms with Crippen molar-refractivity contribution in [3.8, 4) is 0 Å². The van der Waals surface area contributed by atoms with Crippen LogP contribution in [0.5, 0.6) is 0 Å². The molecular weight excluding hydrogens is 219 g/mol. The van der Waals surface area contributed by atoms with E-state index in [0.29, 0.717) is 10.9 Å². The van der Waals surface area contributed by atoms with Crippen molar-refractivity contribution in [1.29, 1.82) is 0 Å². The van der Waals surface area contributed by atoms with Crippen LogP contribution in [0.3, 0.4) is 0 Å². The molecule has 1 heterocycles. The van der Waals surface area contributed by atoms with E-state index >= 15 is 0 Å². The number of hydrogen-bond acceptors (Lipinski definition) is 1. The first-order chi connectivity index (χ1) is 7.38. The monoisotopic (exact) mass is 227 g/mol. The van der Waals surface area contributed by atoms with Crippen molar-refractivity contribution in [2.75, 3.05) is 0 Å². The minimum atomic E-state index is -4.62. The van der Waals surface area contributed by atoms with Gasteiger partial charge in [0.15, 0.2) is 0 Å². The number of alkyl halides is 3. The maximum absolute atomic E-state index is 12.4. The summed E-state index contributed by atoms with van der Waals surface area (Å²) in [7, 11) is 0. The number of nitrogens with one attached hydrogen (secondary N) is 1. The number of aromatic nitrogens is 1. The van der Waals surface area contributed by atoms with Gasteiger partial charge in [-0.25, -0.2) is 0 Å². The summed E-state index contributed by atoms with van der Waals surface area (Å²) in [6.07, 6.45) is -4.62. The number of pyridine rings is 1. The van der Waals surface area contributed by atoms with Crippen molar-refractivity contribution in [3.05, 3.63) is 45.7 Å². The fraction of sp³-hybridized carbons (Fsp3) is 0.182. The van der Waals surface area contributed by atoms with E-state index in [-0.39, 0.29) is 0 Å². The van der Waals surface area contributed by atoms with E-state index in [0.717, 1.165) is 11.6 Å². The number of rotatable bonds is 0. The van der Waals surface area contributed by atoms with Crippen LogP contribution in [0, 0.1) is 6.92 Å². The van der Waals surface area contributed by atoms with Crippen molar-refractivity contribution in [2.45, 2.75) is 13.1 Å². The molecule has 1 N–H and O–H groups in total. The van der Waals surface area contributed by atoms with Gasteiger partial charge in [0.25, 0.3) is 5.56 Å². The third kappa shape index (κ3) is 1.80. The van der Waals surface area contributed by atoms with Crippen molar-refractivity contribution < 1.29 is 13.2 Å². The summed E-state index contributed by atoms with van der Waals surface area (Å²) in [5, 5.41) is 0.373. The number of aryl methyl sites for hydroxylation is 1. The van der Waals surface area contributed by atoms with Crippen molar-refractivity contribution in [1.82, 2.24) is 4.98 Å². The van der Waals surface area contributed by atoms with Gasteiger partial charge in [0.05, 0.1) is 0 Å². The molecule has 0 bridgehead atoms. The largest absolute Gasteiger partial charge is 0.421 e. The Morgan fingerprint density at radius 2 is 1.88 bits per heavy atom. The topological polar surface area (TPSA) is 32.9 Å². The van der Waals surface area contributed by atoms with Crippen molar-refractivity contribution in [2.24, 2.45) is 0 Å². The molecule has 1 aromatic carbocycles. The van der Waals surface area contributed by atoms with E-state index in [1.807, 2.05) is 0 Å². The Kier molecular flexibility index (Phi) is 2.26. The molecule has 0 saturated heterocycles. The number of halogens is 3. The first-order valence-electron chi connectivity index (χ1n) is 4.59. The number of fused-ring (bicyclic) bond motifs is 1. The first-order valence-corrected chi connectivity index (χ1v) is 4.59. The van der Waals surface area contributed by atoms with Gasteiger partial charge in [0.2, 0.25) is 0 Å². The number of aromatic amines is 1. The van der Waals surface area contributed by atoms with Gasteiger partial charge < -0.3 is 4.98 Å². The highest BCUT2D eigenvalue weighted by molar-refractivity contribution is 5.79. The molecule has 1 aromatic heterocycles. The third-order valence-electron chi connectivity index (χ3n) is 2.31. The number of H-pyrrole nitrogens is 1. The maximum Gasteiger partial charge on any atom is 0.421 e. The molecule has 2 rings (SSSR count). The Hall–Kier alpha value is -1.78. The highest BCUT2D eigenvalue weighted by atomic mass is 19.4. The predicted molar refractivity (Wildman–Crippen MR) is 54.3 cm³/mol. The Balaban J connectivity index is 2.78. The fourth-order valence-electron chi connectivity index (χ4n) is 1.53. The second-order valence-corrected chi connectivity index (χ2v) is 3.60. The molecule has 0 aliphatic rings. The van der Waals surface area contributed by atoms with Gasteiger partial charge in [-0.2, -0.15) is 13.2 Å². The molecule has 0 radical (unpaired) electrons. The van der Waals surface area contributed by atoms with Gasteiger partial charge in [-0.15, -0.1) is 0 Å². The summed E-state index contributed by atoms with van der Waals surface area (Å²) in [6, 6.07) is 5.75. The number of hydrogen-bond donors (Lipinski definition) is 1. The van der Waals surface area contributed by atoms with Crippen LogP contribution in [0.1, 0.15) is 11.1 Å². The lowest BCUT2D eigenvalue weighted by molar-refractivity contribution is -0.138. The quantitative estimate of drug-likeness (QED) is 0.737. The van der Waals surface area contributed by atoms with Crippen LogP contribution in [0.15, 0.2) is 29.1 Å². The van der Waals surface area contributed by atoms with E-state index in [1.54, 1.807) is 25.1 Å². The third-order valence-corrected chi connectivity index (χ3v) is 2.31. The molecule has 0 atom stereocenters. The zero-order valence-electron chi connectivity index (χ0n) is 8.35. The van der Waals surface area contributed by atoms with Crippen LogP contribution in [0.2, 0.25) is 0 Å². The normalized spacial score (nSPS) is 12.0. The second-order valence-electron chi connectivity index (χ2n) is 3.60. The van der Waals surface area contributed by atoms with E-state index < -0.39 is 17.3 Å². The molecule has 0 aliphatic carbocycles. The Labute approximate surface area is 88.7 Å². The smallest absolute Gasteiger partial charge is 0.321 e.